The van der Waals surface area contributed by atoms with Crippen molar-refractivity contribution < 1.29 is 52.7 Å². The third-order valence-corrected chi connectivity index (χ3v) is 5.64. The van der Waals surface area contributed by atoms with Gasteiger partial charge in [-0.3, -0.25) is 0 Å². The van der Waals surface area contributed by atoms with Gasteiger partial charge in [0.15, 0.2) is 8.40 Å². The predicted molar refractivity (Wildman–Crippen MR) is 64.8 cm³/mol. The van der Waals surface area contributed by atoms with E-state index in [9.17, 15) is 52.7 Å². The lowest BCUT2D eigenvalue weighted by atomic mass is 10.0. The molecule has 0 radical (unpaired) electrons. The summed E-state index contributed by atoms with van der Waals surface area (Å²) in [4.78, 5) is 1.85. The zero-order valence-electron chi connectivity index (χ0n) is 13.0. The zero-order chi connectivity index (χ0) is 20.9. The first-order chi connectivity index (χ1) is 10.4. The molecule has 0 aromatic heterocycles. The normalized spacial score (nSPS) is 16.3. The van der Waals surface area contributed by atoms with Crippen molar-refractivity contribution in [2.45, 2.75) is 62.7 Å². The average Bonchev–Trinajstić information content (AvgIpc) is 2.20. The summed E-state index contributed by atoms with van der Waals surface area (Å²) in [6.07, 6.45) is -24.1. The number of halogens is 12. The van der Waals surface area contributed by atoms with Crippen molar-refractivity contribution in [3.05, 3.63) is 0 Å². The van der Waals surface area contributed by atoms with Crippen LogP contribution in [0.2, 0.25) is 13.1 Å². The van der Waals surface area contributed by atoms with E-state index in [0.717, 1.165) is 9.96 Å². The van der Waals surface area contributed by atoms with Gasteiger partial charge in [0, 0.05) is 0 Å². The molecule has 0 aromatic carbocycles. The van der Waals surface area contributed by atoms with Gasteiger partial charge >= 0.3 is 24.7 Å². The van der Waals surface area contributed by atoms with Crippen molar-refractivity contribution in [1.29, 1.82) is 0 Å². The highest BCUT2D eigenvalue weighted by Crippen LogP contribution is 2.46. The third-order valence-electron chi connectivity index (χ3n) is 3.39. The summed E-state index contributed by atoms with van der Waals surface area (Å²) >= 11 is 0. The molecule has 0 aliphatic carbocycles. The molecule has 0 unspecified atom stereocenters. The molecule has 2 N–H and O–H groups in total. The summed E-state index contributed by atoms with van der Waals surface area (Å²) in [6, 6.07) is 0. The molecule has 0 aromatic rings. The standard InChI is InChI=1S/C10H14F12N2Si/c1-5(7(11,12)13,8(14,15)16)23-25(3,4)24-6(2,9(17,18)19)10(20,21)22/h23-24H,1-4H3. The van der Waals surface area contributed by atoms with E-state index in [1.54, 1.807) is 0 Å². The fourth-order valence-corrected chi connectivity index (χ4v) is 5.02. The van der Waals surface area contributed by atoms with E-state index in [2.05, 4.69) is 0 Å². The van der Waals surface area contributed by atoms with Gasteiger partial charge in [-0.1, -0.05) is 0 Å². The molecule has 0 saturated heterocycles. The lowest BCUT2D eigenvalue weighted by molar-refractivity contribution is -0.300. The molecule has 0 aliphatic heterocycles. The fraction of sp³-hybridized carbons (Fsp3) is 1.00. The Bertz CT molecular complexity index is 402. The van der Waals surface area contributed by atoms with Gasteiger partial charge < -0.3 is 9.96 Å². The third kappa shape index (κ3) is 4.72. The number of hydrogen-bond donors (Lipinski definition) is 2. The van der Waals surface area contributed by atoms with Gasteiger partial charge in [0.05, 0.1) is 0 Å². The maximum Gasteiger partial charge on any atom is 0.414 e. The Morgan fingerprint density at radius 2 is 0.640 bits per heavy atom. The highest BCUT2D eigenvalue weighted by molar-refractivity contribution is 6.72. The smallest absolute Gasteiger partial charge is 0.305 e. The van der Waals surface area contributed by atoms with Gasteiger partial charge in [-0.2, -0.15) is 52.7 Å². The zero-order valence-corrected chi connectivity index (χ0v) is 14.0. The molecule has 15 heteroatoms. The Balaban J connectivity index is 6.01. The molecule has 0 aliphatic rings. The molecule has 0 heterocycles. The monoisotopic (exact) mass is 418 g/mol. The molecule has 0 rings (SSSR count). The summed E-state index contributed by atoms with van der Waals surface area (Å²) in [6.45, 7) is 0.0564. The number of hydrogen-bond acceptors (Lipinski definition) is 2. The molecule has 0 saturated carbocycles. The summed E-state index contributed by atoms with van der Waals surface area (Å²) in [5.41, 5.74) is -9.42. The quantitative estimate of drug-likeness (QED) is 0.514. The first-order valence-corrected chi connectivity index (χ1v) is 9.27. The predicted octanol–water partition coefficient (Wildman–Crippen LogP) is 4.63. The Labute approximate surface area is 135 Å². The van der Waals surface area contributed by atoms with Crippen LogP contribution < -0.4 is 9.96 Å². The minimum absolute atomic E-state index is 0.401. The molecule has 25 heavy (non-hydrogen) atoms. The molecule has 0 atom stereocenters. The van der Waals surface area contributed by atoms with Crippen LogP contribution in [0.15, 0.2) is 0 Å². The summed E-state index contributed by atoms with van der Waals surface area (Å²) in [7, 11) is -4.79. The number of nitrogens with one attached hydrogen (secondary N) is 2. The molecule has 0 bridgehead atoms. The van der Waals surface area contributed by atoms with Gasteiger partial charge in [0.25, 0.3) is 0 Å². The van der Waals surface area contributed by atoms with Crippen LogP contribution in [0.5, 0.6) is 0 Å². The van der Waals surface area contributed by atoms with E-state index in [-0.39, 0.29) is 0 Å². The van der Waals surface area contributed by atoms with Crippen LogP contribution in [0.1, 0.15) is 13.8 Å². The van der Waals surface area contributed by atoms with Gasteiger partial charge in [-0.15, -0.1) is 0 Å². The summed E-state index contributed by atoms with van der Waals surface area (Å²) < 4.78 is 154. The van der Waals surface area contributed by atoms with Gasteiger partial charge in [-0.05, 0) is 26.9 Å². The van der Waals surface area contributed by atoms with E-state index in [0.29, 0.717) is 13.1 Å². The van der Waals surface area contributed by atoms with E-state index in [1.165, 1.54) is 0 Å². The largest absolute Gasteiger partial charge is 0.414 e. The first kappa shape index (κ1) is 24.3. The Morgan fingerprint density at radius 3 is 0.760 bits per heavy atom. The Hall–Kier alpha value is -0.703. The van der Waals surface area contributed by atoms with Crippen LogP contribution in [0.3, 0.4) is 0 Å². The summed E-state index contributed by atoms with van der Waals surface area (Å²) in [5, 5.41) is 0. The minimum Gasteiger partial charge on any atom is -0.305 e. The summed E-state index contributed by atoms with van der Waals surface area (Å²) in [5.74, 6) is 0. The van der Waals surface area contributed by atoms with E-state index in [1.807, 2.05) is 0 Å². The molecular weight excluding hydrogens is 404 g/mol. The van der Waals surface area contributed by atoms with Crippen molar-refractivity contribution in [2.24, 2.45) is 0 Å². The maximum atomic E-state index is 12.8. The molecule has 0 fully saturated rings. The highest BCUT2D eigenvalue weighted by Gasteiger charge is 2.72. The fourth-order valence-electron chi connectivity index (χ4n) is 1.89. The molecule has 2 nitrogen and oxygen atoms in total. The van der Waals surface area contributed by atoms with Crippen molar-refractivity contribution in [1.82, 2.24) is 9.96 Å². The van der Waals surface area contributed by atoms with Gasteiger partial charge in [-0.25, -0.2) is 0 Å². The van der Waals surface area contributed by atoms with Crippen LogP contribution in [-0.4, -0.2) is 44.2 Å². The topological polar surface area (TPSA) is 24.1 Å². The average molecular weight is 418 g/mol. The second kappa shape index (κ2) is 6.18. The molecule has 0 spiro atoms. The Morgan fingerprint density at radius 1 is 0.480 bits per heavy atom. The maximum absolute atomic E-state index is 12.8. The second-order valence-electron chi connectivity index (χ2n) is 6.12. The van der Waals surface area contributed by atoms with Crippen molar-refractivity contribution in [3.8, 4) is 0 Å². The second-order valence-corrected chi connectivity index (χ2v) is 9.87. The van der Waals surface area contributed by atoms with Gasteiger partial charge in [0.1, 0.15) is 0 Å². The molecular formula is C10H14F12N2Si. The molecule has 0 amide bonds. The van der Waals surface area contributed by atoms with Crippen LogP contribution in [-0.2, 0) is 0 Å². The van der Waals surface area contributed by atoms with E-state index >= 15 is 0 Å². The van der Waals surface area contributed by atoms with Crippen LogP contribution >= 0.6 is 0 Å². The van der Waals surface area contributed by atoms with Crippen LogP contribution in [0.25, 0.3) is 0 Å². The minimum atomic E-state index is -6.02. The van der Waals surface area contributed by atoms with Crippen molar-refractivity contribution in [3.63, 3.8) is 0 Å². The van der Waals surface area contributed by atoms with Crippen LogP contribution in [0.4, 0.5) is 52.7 Å². The van der Waals surface area contributed by atoms with Gasteiger partial charge in [0.2, 0.25) is 11.1 Å². The number of alkyl halides is 12. The lowest BCUT2D eigenvalue weighted by Gasteiger charge is -2.45. The number of rotatable bonds is 4. The van der Waals surface area contributed by atoms with Crippen molar-refractivity contribution in [2.75, 3.05) is 0 Å². The van der Waals surface area contributed by atoms with Crippen LogP contribution in [0, 0.1) is 0 Å². The van der Waals surface area contributed by atoms with Crippen molar-refractivity contribution >= 4 is 8.40 Å². The van der Waals surface area contributed by atoms with E-state index in [4.69, 9.17) is 0 Å². The molecule has 152 valence electrons. The lowest BCUT2D eigenvalue weighted by Crippen LogP contribution is -2.80. The Kier molecular flexibility index (Phi) is 6.00. The highest BCUT2D eigenvalue weighted by atomic mass is 28.3. The first-order valence-electron chi connectivity index (χ1n) is 6.27. The van der Waals surface area contributed by atoms with E-state index < -0.39 is 58.0 Å². The SMILES string of the molecule is CC(N[Si](C)(C)NC(C)(C(F)(F)F)C(F)(F)F)(C(F)(F)F)C(F)(F)F.